The summed E-state index contributed by atoms with van der Waals surface area (Å²) in [5.41, 5.74) is 2.45. The normalized spacial score (nSPS) is 10.4. The van der Waals surface area contributed by atoms with Gasteiger partial charge in [0.05, 0.1) is 18.1 Å². The molecule has 0 unspecified atom stereocenters. The summed E-state index contributed by atoms with van der Waals surface area (Å²) in [5, 5.41) is 12.0. The lowest BCUT2D eigenvalue weighted by Gasteiger charge is -2.03. The zero-order valence-corrected chi connectivity index (χ0v) is 9.22. The summed E-state index contributed by atoms with van der Waals surface area (Å²) >= 11 is 0. The molecular formula is C13H13NO3. The summed E-state index contributed by atoms with van der Waals surface area (Å²) in [6.45, 7) is 1.43. The summed E-state index contributed by atoms with van der Waals surface area (Å²) in [5.74, 6) is -0.900. The fourth-order valence-corrected chi connectivity index (χ4v) is 1.51. The molecule has 0 spiro atoms. The number of hydrogen-bond donors (Lipinski definition) is 2. The Balaban J connectivity index is 1.85. The SMILES string of the molecule is O=C(O)c1ccc(CNCc2ccoc2)cc1. The Morgan fingerprint density at radius 1 is 1.12 bits per heavy atom. The van der Waals surface area contributed by atoms with Gasteiger partial charge < -0.3 is 14.8 Å². The monoisotopic (exact) mass is 231 g/mol. The largest absolute Gasteiger partial charge is 0.478 e. The Hall–Kier alpha value is -2.07. The van der Waals surface area contributed by atoms with E-state index < -0.39 is 5.97 Å². The van der Waals surface area contributed by atoms with Gasteiger partial charge in [-0.1, -0.05) is 12.1 Å². The third kappa shape index (κ3) is 3.19. The number of nitrogens with one attached hydrogen (secondary N) is 1. The van der Waals surface area contributed by atoms with Crippen LogP contribution in [0.5, 0.6) is 0 Å². The topological polar surface area (TPSA) is 62.5 Å². The predicted molar refractivity (Wildman–Crippen MR) is 62.7 cm³/mol. The molecule has 2 N–H and O–H groups in total. The number of carbonyl (C=O) groups is 1. The minimum absolute atomic E-state index is 0.309. The zero-order valence-electron chi connectivity index (χ0n) is 9.22. The molecule has 0 fully saturated rings. The molecule has 0 atom stereocenters. The van der Waals surface area contributed by atoms with E-state index in [0.717, 1.165) is 17.7 Å². The molecule has 1 aromatic carbocycles. The van der Waals surface area contributed by atoms with Crippen LogP contribution in [-0.2, 0) is 13.1 Å². The Labute approximate surface area is 98.9 Å². The number of furan rings is 1. The van der Waals surface area contributed by atoms with Gasteiger partial charge in [0.15, 0.2) is 0 Å². The number of hydrogen-bond acceptors (Lipinski definition) is 3. The van der Waals surface area contributed by atoms with E-state index in [4.69, 9.17) is 9.52 Å². The Morgan fingerprint density at radius 3 is 2.41 bits per heavy atom. The van der Waals surface area contributed by atoms with Crippen molar-refractivity contribution in [1.82, 2.24) is 5.32 Å². The Morgan fingerprint density at radius 2 is 1.82 bits per heavy atom. The second-order valence-electron chi connectivity index (χ2n) is 3.74. The maximum absolute atomic E-state index is 10.7. The van der Waals surface area contributed by atoms with Gasteiger partial charge in [-0.05, 0) is 23.8 Å². The van der Waals surface area contributed by atoms with Crippen molar-refractivity contribution in [3.8, 4) is 0 Å². The van der Waals surface area contributed by atoms with Crippen LogP contribution in [-0.4, -0.2) is 11.1 Å². The van der Waals surface area contributed by atoms with Crippen molar-refractivity contribution in [2.24, 2.45) is 0 Å². The van der Waals surface area contributed by atoms with Crippen LogP contribution in [0.1, 0.15) is 21.5 Å². The van der Waals surface area contributed by atoms with E-state index in [9.17, 15) is 4.79 Å². The molecule has 4 heteroatoms. The highest BCUT2D eigenvalue weighted by Gasteiger charge is 2.01. The number of carboxylic acids is 1. The van der Waals surface area contributed by atoms with Crippen molar-refractivity contribution in [3.63, 3.8) is 0 Å². The molecule has 1 heterocycles. The van der Waals surface area contributed by atoms with Crippen molar-refractivity contribution in [1.29, 1.82) is 0 Å². The molecule has 2 rings (SSSR count). The maximum Gasteiger partial charge on any atom is 0.335 e. The van der Waals surface area contributed by atoms with E-state index in [1.165, 1.54) is 0 Å². The third-order valence-electron chi connectivity index (χ3n) is 2.44. The highest BCUT2D eigenvalue weighted by atomic mass is 16.4. The van der Waals surface area contributed by atoms with Gasteiger partial charge in [-0.15, -0.1) is 0 Å². The summed E-state index contributed by atoms with van der Waals surface area (Å²) in [4.78, 5) is 10.7. The predicted octanol–water partition coefficient (Wildman–Crippen LogP) is 2.27. The first-order valence-electron chi connectivity index (χ1n) is 5.30. The molecular weight excluding hydrogens is 218 g/mol. The number of carboxylic acid groups (broad SMARTS) is 1. The quantitative estimate of drug-likeness (QED) is 0.828. The lowest BCUT2D eigenvalue weighted by Crippen LogP contribution is -2.12. The van der Waals surface area contributed by atoms with Gasteiger partial charge in [0, 0.05) is 18.7 Å². The van der Waals surface area contributed by atoms with Gasteiger partial charge in [0.25, 0.3) is 0 Å². The van der Waals surface area contributed by atoms with Crippen molar-refractivity contribution in [3.05, 3.63) is 59.5 Å². The summed E-state index contributed by atoms with van der Waals surface area (Å²) in [7, 11) is 0. The van der Waals surface area contributed by atoms with E-state index in [0.29, 0.717) is 12.1 Å². The average molecular weight is 231 g/mol. The molecule has 0 saturated carbocycles. The smallest absolute Gasteiger partial charge is 0.335 e. The standard InChI is InChI=1S/C13H13NO3/c15-13(16)12-3-1-10(2-4-12)7-14-8-11-5-6-17-9-11/h1-6,9,14H,7-8H2,(H,15,16). The molecule has 0 bridgehead atoms. The van der Waals surface area contributed by atoms with Crippen molar-refractivity contribution < 1.29 is 14.3 Å². The molecule has 4 nitrogen and oxygen atoms in total. The lowest BCUT2D eigenvalue weighted by molar-refractivity contribution is 0.0697. The third-order valence-corrected chi connectivity index (χ3v) is 2.44. The Kier molecular flexibility index (Phi) is 3.57. The van der Waals surface area contributed by atoms with Crippen molar-refractivity contribution in [2.45, 2.75) is 13.1 Å². The van der Waals surface area contributed by atoms with Crippen molar-refractivity contribution >= 4 is 5.97 Å². The second kappa shape index (κ2) is 5.32. The van der Waals surface area contributed by atoms with Gasteiger partial charge in [-0.2, -0.15) is 0 Å². The minimum atomic E-state index is -0.900. The van der Waals surface area contributed by atoms with E-state index in [1.807, 2.05) is 18.2 Å². The first-order valence-corrected chi connectivity index (χ1v) is 5.30. The van der Waals surface area contributed by atoms with Gasteiger partial charge in [0.2, 0.25) is 0 Å². The summed E-state index contributed by atoms with van der Waals surface area (Å²) in [6.07, 6.45) is 3.33. The fraction of sp³-hybridized carbons (Fsp3) is 0.154. The first-order chi connectivity index (χ1) is 8.25. The molecule has 0 saturated heterocycles. The zero-order chi connectivity index (χ0) is 12.1. The van der Waals surface area contributed by atoms with Crippen LogP contribution >= 0.6 is 0 Å². The van der Waals surface area contributed by atoms with Crippen molar-refractivity contribution in [2.75, 3.05) is 0 Å². The lowest BCUT2D eigenvalue weighted by atomic mass is 10.1. The first kappa shape index (κ1) is 11.4. The molecule has 2 aromatic rings. The Bertz CT molecular complexity index is 474. The maximum atomic E-state index is 10.7. The van der Waals surface area contributed by atoms with Gasteiger partial charge >= 0.3 is 5.97 Å². The molecule has 17 heavy (non-hydrogen) atoms. The summed E-state index contributed by atoms with van der Waals surface area (Å²) < 4.78 is 4.95. The van der Waals surface area contributed by atoms with Crippen LogP contribution in [0.15, 0.2) is 47.3 Å². The molecule has 1 aromatic heterocycles. The number of aromatic carboxylic acids is 1. The molecule has 0 radical (unpaired) electrons. The summed E-state index contributed by atoms with van der Waals surface area (Å²) in [6, 6.07) is 8.74. The van der Waals surface area contributed by atoms with Gasteiger partial charge in [0.1, 0.15) is 0 Å². The van der Waals surface area contributed by atoms with E-state index in [1.54, 1.807) is 24.7 Å². The van der Waals surface area contributed by atoms with Gasteiger partial charge in [-0.3, -0.25) is 0 Å². The highest BCUT2D eigenvalue weighted by Crippen LogP contribution is 2.05. The molecule has 0 aliphatic rings. The van der Waals surface area contributed by atoms with Gasteiger partial charge in [-0.25, -0.2) is 4.79 Å². The van der Waals surface area contributed by atoms with E-state index in [-0.39, 0.29) is 0 Å². The highest BCUT2D eigenvalue weighted by molar-refractivity contribution is 5.87. The minimum Gasteiger partial charge on any atom is -0.478 e. The number of rotatable bonds is 5. The van der Waals surface area contributed by atoms with E-state index >= 15 is 0 Å². The molecule has 0 aliphatic carbocycles. The average Bonchev–Trinajstić information content (AvgIpc) is 2.83. The molecule has 0 aliphatic heterocycles. The molecule has 0 amide bonds. The second-order valence-corrected chi connectivity index (χ2v) is 3.74. The molecule has 88 valence electrons. The van der Waals surface area contributed by atoms with Crippen LogP contribution < -0.4 is 5.32 Å². The van der Waals surface area contributed by atoms with Crippen LogP contribution in [0, 0.1) is 0 Å². The van der Waals surface area contributed by atoms with Crippen LogP contribution in [0.25, 0.3) is 0 Å². The van der Waals surface area contributed by atoms with Crippen LogP contribution in [0.4, 0.5) is 0 Å². The van der Waals surface area contributed by atoms with E-state index in [2.05, 4.69) is 5.32 Å². The number of benzene rings is 1. The van der Waals surface area contributed by atoms with Crippen LogP contribution in [0.2, 0.25) is 0 Å². The van der Waals surface area contributed by atoms with Crippen LogP contribution in [0.3, 0.4) is 0 Å². The fourth-order valence-electron chi connectivity index (χ4n) is 1.51.